The average molecular weight is 300 g/mol. The maximum Gasteiger partial charge on any atom is 0.308 e. The summed E-state index contributed by atoms with van der Waals surface area (Å²) in [6.07, 6.45) is 2.40. The summed E-state index contributed by atoms with van der Waals surface area (Å²) < 4.78 is 26.0. The number of anilines is 1. The predicted octanol–water partition coefficient (Wildman–Crippen LogP) is 0.361. The van der Waals surface area contributed by atoms with Crippen LogP contribution in [0.25, 0.3) is 0 Å². The number of rotatable bonds is 5. The Balaban J connectivity index is 2.20. The molecule has 0 spiro atoms. The Kier molecular flexibility index (Phi) is 3.71. The van der Waals surface area contributed by atoms with Crippen molar-refractivity contribution in [1.82, 2.24) is 15.2 Å². The predicted molar refractivity (Wildman–Crippen MR) is 66.3 cm³/mol. The lowest BCUT2D eigenvalue weighted by atomic mass is 10.3. The molecule has 0 aliphatic carbocycles. The number of aliphatic carboxylic acids is 1. The van der Waals surface area contributed by atoms with Crippen molar-refractivity contribution in [3.63, 3.8) is 0 Å². The van der Waals surface area contributed by atoms with Gasteiger partial charge < -0.3 is 5.11 Å². The second-order valence-electron chi connectivity index (χ2n) is 3.36. The van der Waals surface area contributed by atoms with Crippen LogP contribution in [-0.4, -0.2) is 34.7 Å². The van der Waals surface area contributed by atoms with E-state index < -0.39 is 16.0 Å². The van der Waals surface area contributed by atoms with Crippen LogP contribution in [0.15, 0.2) is 28.7 Å². The average Bonchev–Trinajstić information content (AvgIpc) is 2.78. The minimum absolute atomic E-state index is 0.00352. The smallest absolute Gasteiger partial charge is 0.308 e. The Morgan fingerprint density at radius 3 is 2.79 bits per heavy atom. The van der Waals surface area contributed by atoms with Gasteiger partial charge in [0, 0.05) is 4.88 Å². The summed E-state index contributed by atoms with van der Waals surface area (Å²) in [7, 11) is -3.82. The summed E-state index contributed by atoms with van der Waals surface area (Å²) in [5.74, 6) is -1.16. The van der Waals surface area contributed by atoms with Gasteiger partial charge in [-0.15, -0.1) is 16.4 Å². The highest BCUT2D eigenvalue weighted by Gasteiger charge is 2.18. The first-order valence-corrected chi connectivity index (χ1v) is 7.24. The molecule has 0 saturated heterocycles. The van der Waals surface area contributed by atoms with Gasteiger partial charge in [0.25, 0.3) is 16.0 Å². The standard InChI is InChI=1S/C9H8N4O4S2/c14-7(15)5-6-1-2-8(18-6)19(16,17)13-9-10-3-4-11-12-9/h1-4H,5H2,(H,14,15)(H,10,12,13). The molecular formula is C9H8N4O4S2. The van der Waals surface area contributed by atoms with Gasteiger partial charge in [-0.3, -0.25) is 4.79 Å². The summed E-state index contributed by atoms with van der Waals surface area (Å²) in [5, 5.41) is 15.6. The maximum absolute atomic E-state index is 11.9. The summed E-state index contributed by atoms with van der Waals surface area (Å²) in [6.45, 7) is 0. The van der Waals surface area contributed by atoms with Crippen LogP contribution in [0.1, 0.15) is 4.88 Å². The highest BCUT2D eigenvalue weighted by molar-refractivity contribution is 7.94. The van der Waals surface area contributed by atoms with Gasteiger partial charge in [-0.05, 0) is 12.1 Å². The Bertz CT molecular complexity index is 683. The third-order valence-electron chi connectivity index (χ3n) is 1.94. The molecule has 2 aromatic heterocycles. The molecule has 2 N–H and O–H groups in total. The maximum atomic E-state index is 11.9. The second kappa shape index (κ2) is 5.28. The fraction of sp³-hybridized carbons (Fsp3) is 0.111. The number of nitrogens with zero attached hydrogens (tertiary/aromatic N) is 3. The molecule has 0 fully saturated rings. The summed E-state index contributed by atoms with van der Waals surface area (Å²) >= 11 is 0.880. The minimum atomic E-state index is -3.82. The first-order chi connectivity index (χ1) is 8.97. The van der Waals surface area contributed by atoms with E-state index in [2.05, 4.69) is 19.9 Å². The Morgan fingerprint density at radius 2 is 2.16 bits per heavy atom. The van der Waals surface area contributed by atoms with Gasteiger partial charge in [0.05, 0.1) is 18.8 Å². The fourth-order valence-electron chi connectivity index (χ4n) is 1.21. The number of hydrogen-bond donors (Lipinski definition) is 2. The largest absolute Gasteiger partial charge is 0.481 e. The molecule has 10 heteroatoms. The number of sulfonamides is 1. The summed E-state index contributed by atoms with van der Waals surface area (Å²) in [4.78, 5) is 14.7. The second-order valence-corrected chi connectivity index (χ2v) is 6.44. The van der Waals surface area contributed by atoms with Crippen LogP contribution in [0.3, 0.4) is 0 Å². The zero-order chi connectivity index (χ0) is 13.9. The van der Waals surface area contributed by atoms with Crippen LogP contribution in [0.5, 0.6) is 0 Å². The molecule has 0 saturated carbocycles. The van der Waals surface area contributed by atoms with E-state index in [1.165, 1.54) is 24.5 Å². The van der Waals surface area contributed by atoms with E-state index >= 15 is 0 Å². The molecule has 0 radical (unpaired) electrons. The molecule has 100 valence electrons. The van der Waals surface area contributed by atoms with Crippen molar-refractivity contribution in [2.24, 2.45) is 0 Å². The van der Waals surface area contributed by atoms with E-state index in [0.717, 1.165) is 11.3 Å². The molecular weight excluding hydrogens is 292 g/mol. The van der Waals surface area contributed by atoms with Crippen molar-refractivity contribution in [3.8, 4) is 0 Å². The van der Waals surface area contributed by atoms with E-state index in [-0.39, 0.29) is 16.6 Å². The normalized spacial score (nSPS) is 11.2. The Morgan fingerprint density at radius 1 is 1.37 bits per heavy atom. The fourth-order valence-corrected chi connectivity index (χ4v) is 3.50. The van der Waals surface area contributed by atoms with E-state index in [1.54, 1.807) is 0 Å². The molecule has 8 nitrogen and oxygen atoms in total. The highest BCUT2D eigenvalue weighted by Crippen LogP contribution is 2.23. The van der Waals surface area contributed by atoms with Gasteiger partial charge in [0.2, 0.25) is 0 Å². The van der Waals surface area contributed by atoms with E-state index in [0.29, 0.717) is 4.88 Å². The van der Waals surface area contributed by atoms with Crippen LogP contribution >= 0.6 is 11.3 Å². The van der Waals surface area contributed by atoms with Crippen molar-refractivity contribution in [2.75, 3.05) is 4.72 Å². The topological polar surface area (TPSA) is 122 Å². The van der Waals surface area contributed by atoms with Crippen molar-refractivity contribution < 1.29 is 18.3 Å². The highest BCUT2D eigenvalue weighted by atomic mass is 32.2. The molecule has 2 rings (SSSR count). The number of hydrogen-bond acceptors (Lipinski definition) is 7. The number of nitrogens with one attached hydrogen (secondary N) is 1. The SMILES string of the molecule is O=C(O)Cc1ccc(S(=O)(=O)Nc2nccnn2)s1. The molecule has 2 heterocycles. The lowest BCUT2D eigenvalue weighted by molar-refractivity contribution is -0.136. The summed E-state index contributed by atoms with van der Waals surface area (Å²) in [6, 6.07) is 2.79. The minimum Gasteiger partial charge on any atom is -0.481 e. The van der Waals surface area contributed by atoms with E-state index in [4.69, 9.17) is 5.11 Å². The first kappa shape index (κ1) is 13.4. The van der Waals surface area contributed by atoms with Crippen LogP contribution in [0.4, 0.5) is 5.95 Å². The van der Waals surface area contributed by atoms with Crippen molar-refractivity contribution in [3.05, 3.63) is 29.4 Å². The number of carboxylic acid groups (broad SMARTS) is 1. The van der Waals surface area contributed by atoms with Crippen LogP contribution in [-0.2, 0) is 21.2 Å². The first-order valence-electron chi connectivity index (χ1n) is 4.94. The van der Waals surface area contributed by atoms with Gasteiger partial charge in [-0.2, -0.15) is 5.10 Å². The lowest BCUT2D eigenvalue weighted by Crippen LogP contribution is -2.14. The zero-order valence-electron chi connectivity index (χ0n) is 9.35. The molecule has 2 aromatic rings. The van der Waals surface area contributed by atoms with Crippen molar-refractivity contribution in [1.29, 1.82) is 0 Å². The summed E-state index contributed by atoms with van der Waals surface area (Å²) in [5.41, 5.74) is 0. The van der Waals surface area contributed by atoms with Gasteiger partial charge in [-0.25, -0.2) is 18.1 Å². The molecule has 0 amide bonds. The number of carbonyl (C=O) groups is 1. The van der Waals surface area contributed by atoms with Crippen LogP contribution in [0.2, 0.25) is 0 Å². The third kappa shape index (κ3) is 3.45. The van der Waals surface area contributed by atoms with Gasteiger partial charge in [-0.1, -0.05) is 0 Å². The molecule has 19 heavy (non-hydrogen) atoms. The molecule has 0 bridgehead atoms. The zero-order valence-corrected chi connectivity index (χ0v) is 11.0. The number of aromatic nitrogens is 3. The Hall–Kier alpha value is -2.07. The molecule has 0 aromatic carbocycles. The quantitative estimate of drug-likeness (QED) is 0.817. The number of carboxylic acids is 1. The van der Waals surface area contributed by atoms with Gasteiger partial charge >= 0.3 is 5.97 Å². The van der Waals surface area contributed by atoms with Crippen molar-refractivity contribution in [2.45, 2.75) is 10.6 Å². The Labute approximate surface area is 112 Å². The molecule has 0 unspecified atom stereocenters. The van der Waals surface area contributed by atoms with E-state index in [9.17, 15) is 13.2 Å². The molecule has 0 atom stereocenters. The third-order valence-corrected chi connectivity index (χ3v) is 4.84. The van der Waals surface area contributed by atoms with Crippen LogP contribution in [0, 0.1) is 0 Å². The van der Waals surface area contributed by atoms with Gasteiger partial charge in [0.1, 0.15) is 4.21 Å². The lowest BCUT2D eigenvalue weighted by Gasteiger charge is -2.02. The van der Waals surface area contributed by atoms with Crippen LogP contribution < -0.4 is 4.72 Å². The number of thiophene rings is 1. The van der Waals surface area contributed by atoms with Crippen molar-refractivity contribution >= 4 is 33.3 Å². The molecule has 0 aliphatic heterocycles. The van der Waals surface area contributed by atoms with E-state index in [1.807, 2.05) is 0 Å². The molecule has 0 aliphatic rings. The van der Waals surface area contributed by atoms with Gasteiger partial charge in [0.15, 0.2) is 0 Å². The monoisotopic (exact) mass is 300 g/mol.